The summed E-state index contributed by atoms with van der Waals surface area (Å²) >= 11 is 0. The van der Waals surface area contributed by atoms with Crippen molar-refractivity contribution in [1.82, 2.24) is 0 Å². The van der Waals surface area contributed by atoms with Gasteiger partial charge in [-0.2, -0.15) is 0 Å². The number of carbonyl (C=O) groups is 1. The zero-order chi connectivity index (χ0) is 11.7. The summed E-state index contributed by atoms with van der Waals surface area (Å²) in [4.78, 5) is 13.5. The molecule has 0 fully saturated rings. The first kappa shape index (κ1) is 11.2. The van der Waals surface area contributed by atoms with Crippen molar-refractivity contribution in [3.05, 3.63) is 29.3 Å². The van der Waals surface area contributed by atoms with Crippen molar-refractivity contribution in [2.75, 3.05) is 11.4 Å². The highest BCUT2D eigenvalue weighted by Crippen LogP contribution is 2.30. The summed E-state index contributed by atoms with van der Waals surface area (Å²) in [6.45, 7) is 7.18. The Bertz CT molecular complexity index is 409. The smallest absolute Gasteiger partial charge is 0.134 e. The lowest BCUT2D eigenvalue weighted by molar-refractivity contribution is -0.116. The van der Waals surface area contributed by atoms with Crippen LogP contribution in [-0.4, -0.2) is 18.4 Å². The Morgan fingerprint density at radius 2 is 2.19 bits per heavy atom. The summed E-state index contributed by atoms with van der Waals surface area (Å²) < 4.78 is 0. The van der Waals surface area contributed by atoms with Crippen molar-refractivity contribution >= 4 is 11.5 Å². The van der Waals surface area contributed by atoms with E-state index >= 15 is 0 Å². The minimum atomic E-state index is 0.231. The molecule has 0 unspecified atom stereocenters. The van der Waals surface area contributed by atoms with Gasteiger partial charge in [-0.05, 0) is 44.4 Å². The predicted octanol–water partition coefficient (Wildman–Crippen LogP) is 2.59. The lowest BCUT2D eigenvalue weighted by Crippen LogP contribution is -2.28. The number of carbonyl (C=O) groups excluding carboxylic acids is 1. The number of hydrogen-bond acceptors (Lipinski definition) is 2. The molecular formula is C14H19NO. The lowest BCUT2D eigenvalue weighted by Gasteiger charge is -2.24. The fourth-order valence-electron chi connectivity index (χ4n) is 2.38. The average Bonchev–Trinajstić information content (AvgIpc) is 2.59. The molecule has 1 aliphatic rings. The first-order chi connectivity index (χ1) is 7.58. The van der Waals surface area contributed by atoms with Gasteiger partial charge in [-0.15, -0.1) is 0 Å². The van der Waals surface area contributed by atoms with Crippen LogP contribution in [0.25, 0.3) is 0 Å². The highest BCUT2D eigenvalue weighted by Gasteiger charge is 2.21. The number of ketones is 1. The van der Waals surface area contributed by atoms with E-state index < -0.39 is 0 Å². The van der Waals surface area contributed by atoms with E-state index in [1.54, 1.807) is 6.92 Å². The molecule has 2 heteroatoms. The molecule has 2 rings (SSSR count). The summed E-state index contributed by atoms with van der Waals surface area (Å²) in [5.74, 6) is 0.231. The molecule has 0 spiro atoms. The van der Waals surface area contributed by atoms with E-state index in [0.29, 0.717) is 12.5 Å². The number of benzene rings is 1. The predicted molar refractivity (Wildman–Crippen MR) is 67.0 cm³/mol. The fraction of sp³-hybridized carbons (Fsp3) is 0.500. The molecule has 0 atom stereocenters. The first-order valence-electron chi connectivity index (χ1n) is 5.96. The third-order valence-electron chi connectivity index (χ3n) is 3.16. The summed E-state index contributed by atoms with van der Waals surface area (Å²) in [7, 11) is 0. The SMILES string of the molecule is CC(=O)Cc1ccc2c(c1)N(C(C)C)CC2. The van der Waals surface area contributed by atoms with Gasteiger partial charge < -0.3 is 4.90 Å². The molecule has 1 aliphatic heterocycles. The molecule has 0 aliphatic carbocycles. The lowest BCUT2D eigenvalue weighted by atomic mass is 10.1. The summed E-state index contributed by atoms with van der Waals surface area (Å²) in [6, 6.07) is 6.98. The Kier molecular flexibility index (Phi) is 2.99. The van der Waals surface area contributed by atoms with Gasteiger partial charge in [-0.25, -0.2) is 0 Å². The van der Waals surface area contributed by atoms with E-state index in [1.807, 2.05) is 0 Å². The molecule has 2 nitrogen and oxygen atoms in total. The van der Waals surface area contributed by atoms with Crippen molar-refractivity contribution < 1.29 is 4.79 Å². The minimum absolute atomic E-state index is 0.231. The van der Waals surface area contributed by atoms with Crippen LogP contribution in [0.15, 0.2) is 18.2 Å². The quantitative estimate of drug-likeness (QED) is 0.775. The molecule has 0 radical (unpaired) electrons. The zero-order valence-electron chi connectivity index (χ0n) is 10.3. The number of nitrogens with zero attached hydrogens (tertiary/aromatic N) is 1. The molecule has 1 aromatic carbocycles. The molecule has 0 N–H and O–H groups in total. The molecule has 16 heavy (non-hydrogen) atoms. The van der Waals surface area contributed by atoms with Gasteiger partial charge in [0.2, 0.25) is 0 Å². The van der Waals surface area contributed by atoms with Crippen LogP contribution in [-0.2, 0) is 17.6 Å². The van der Waals surface area contributed by atoms with Gasteiger partial charge in [0.25, 0.3) is 0 Å². The van der Waals surface area contributed by atoms with Gasteiger partial charge in [0.05, 0.1) is 0 Å². The van der Waals surface area contributed by atoms with Crippen LogP contribution in [0, 0.1) is 0 Å². The van der Waals surface area contributed by atoms with E-state index in [-0.39, 0.29) is 5.78 Å². The van der Waals surface area contributed by atoms with E-state index in [0.717, 1.165) is 18.5 Å². The van der Waals surface area contributed by atoms with Gasteiger partial charge in [0, 0.05) is 24.7 Å². The number of Topliss-reactive ketones (excluding diaryl/α,β-unsaturated/α-hetero) is 1. The highest BCUT2D eigenvalue weighted by atomic mass is 16.1. The summed E-state index contributed by atoms with van der Waals surface area (Å²) in [5.41, 5.74) is 3.88. The Labute approximate surface area is 97.3 Å². The summed E-state index contributed by atoms with van der Waals surface area (Å²) in [6.07, 6.45) is 1.69. The third-order valence-corrected chi connectivity index (χ3v) is 3.16. The zero-order valence-corrected chi connectivity index (χ0v) is 10.3. The second kappa shape index (κ2) is 4.28. The number of rotatable bonds is 3. The average molecular weight is 217 g/mol. The maximum absolute atomic E-state index is 11.1. The van der Waals surface area contributed by atoms with Crippen LogP contribution >= 0.6 is 0 Å². The maximum Gasteiger partial charge on any atom is 0.134 e. The van der Waals surface area contributed by atoms with Gasteiger partial charge >= 0.3 is 0 Å². The number of anilines is 1. The molecule has 0 saturated heterocycles. The van der Waals surface area contributed by atoms with E-state index in [9.17, 15) is 4.79 Å². The van der Waals surface area contributed by atoms with Crippen LogP contribution in [0.4, 0.5) is 5.69 Å². The number of hydrogen-bond donors (Lipinski definition) is 0. The second-order valence-electron chi connectivity index (χ2n) is 4.88. The van der Waals surface area contributed by atoms with Gasteiger partial charge in [0.15, 0.2) is 0 Å². The van der Waals surface area contributed by atoms with Crippen LogP contribution < -0.4 is 4.90 Å². The van der Waals surface area contributed by atoms with E-state index in [4.69, 9.17) is 0 Å². The normalized spacial score (nSPS) is 14.4. The Hall–Kier alpha value is -1.31. The molecule has 0 amide bonds. The van der Waals surface area contributed by atoms with Crippen LogP contribution in [0.5, 0.6) is 0 Å². The first-order valence-corrected chi connectivity index (χ1v) is 5.96. The van der Waals surface area contributed by atoms with Crippen LogP contribution in [0.2, 0.25) is 0 Å². The van der Waals surface area contributed by atoms with Crippen LogP contribution in [0.3, 0.4) is 0 Å². The molecular weight excluding hydrogens is 198 g/mol. The molecule has 1 aromatic rings. The topological polar surface area (TPSA) is 20.3 Å². The molecule has 1 heterocycles. The molecule has 86 valence electrons. The second-order valence-corrected chi connectivity index (χ2v) is 4.88. The minimum Gasteiger partial charge on any atom is -0.369 e. The van der Waals surface area contributed by atoms with Gasteiger partial charge in [-0.1, -0.05) is 12.1 Å². The van der Waals surface area contributed by atoms with Gasteiger partial charge in [0.1, 0.15) is 5.78 Å². The van der Waals surface area contributed by atoms with Crippen LogP contribution in [0.1, 0.15) is 31.9 Å². The highest BCUT2D eigenvalue weighted by molar-refractivity contribution is 5.78. The van der Waals surface area contributed by atoms with Gasteiger partial charge in [-0.3, -0.25) is 4.79 Å². The Balaban J connectivity index is 2.30. The largest absolute Gasteiger partial charge is 0.369 e. The third kappa shape index (κ3) is 2.11. The maximum atomic E-state index is 11.1. The van der Waals surface area contributed by atoms with Crippen molar-refractivity contribution in [3.63, 3.8) is 0 Å². The Morgan fingerprint density at radius 3 is 2.81 bits per heavy atom. The standard InChI is InChI=1S/C14H19NO/c1-10(2)15-7-6-13-5-4-12(8-11(3)16)9-14(13)15/h4-5,9-10H,6-8H2,1-3H3. The van der Waals surface area contributed by atoms with E-state index in [1.165, 1.54) is 11.3 Å². The van der Waals surface area contributed by atoms with Crippen molar-refractivity contribution in [2.24, 2.45) is 0 Å². The van der Waals surface area contributed by atoms with Crippen molar-refractivity contribution in [2.45, 2.75) is 39.7 Å². The molecule has 0 bridgehead atoms. The van der Waals surface area contributed by atoms with Crippen molar-refractivity contribution in [1.29, 1.82) is 0 Å². The number of fused-ring (bicyclic) bond motifs is 1. The van der Waals surface area contributed by atoms with E-state index in [2.05, 4.69) is 36.9 Å². The molecule has 0 saturated carbocycles. The monoisotopic (exact) mass is 217 g/mol. The fourth-order valence-corrected chi connectivity index (χ4v) is 2.38. The Morgan fingerprint density at radius 1 is 1.44 bits per heavy atom. The van der Waals surface area contributed by atoms with Crippen molar-refractivity contribution in [3.8, 4) is 0 Å². The molecule has 0 aromatic heterocycles. The summed E-state index contributed by atoms with van der Waals surface area (Å²) in [5, 5.41) is 0.